The second-order valence-corrected chi connectivity index (χ2v) is 3.75. The van der Waals surface area contributed by atoms with E-state index in [2.05, 4.69) is 6.92 Å². The highest BCUT2D eigenvalue weighted by Gasteiger charge is 2.06. The summed E-state index contributed by atoms with van der Waals surface area (Å²) in [7, 11) is 1.65. The van der Waals surface area contributed by atoms with Gasteiger partial charge in [-0.1, -0.05) is 25.5 Å². The van der Waals surface area contributed by atoms with Gasteiger partial charge in [0.15, 0.2) is 0 Å². The Labute approximate surface area is 97.0 Å². The number of hydrogen-bond donors (Lipinski definition) is 1. The normalized spacial score (nSPS) is 12.4. The molecule has 0 unspecified atom stereocenters. The lowest BCUT2D eigenvalue weighted by Gasteiger charge is -2.14. The van der Waals surface area contributed by atoms with Gasteiger partial charge < -0.3 is 14.6 Å². The highest BCUT2D eigenvalue weighted by Crippen LogP contribution is 2.13. The van der Waals surface area contributed by atoms with Gasteiger partial charge >= 0.3 is 0 Å². The molecule has 0 heterocycles. The van der Waals surface area contributed by atoms with Gasteiger partial charge in [-0.05, 0) is 24.1 Å². The van der Waals surface area contributed by atoms with Crippen molar-refractivity contribution in [2.24, 2.45) is 0 Å². The van der Waals surface area contributed by atoms with Crippen molar-refractivity contribution in [2.75, 3.05) is 13.7 Å². The average Bonchev–Trinajstić information content (AvgIpc) is 2.35. The first-order valence-corrected chi connectivity index (χ1v) is 5.65. The fourth-order valence-electron chi connectivity index (χ4n) is 1.49. The first-order chi connectivity index (χ1) is 7.80. The van der Waals surface area contributed by atoms with Crippen LogP contribution in [0.4, 0.5) is 0 Å². The van der Waals surface area contributed by atoms with Crippen molar-refractivity contribution in [1.29, 1.82) is 0 Å². The van der Waals surface area contributed by atoms with Crippen LogP contribution in [0.1, 0.15) is 25.3 Å². The smallest absolute Gasteiger partial charge is 0.118 e. The Morgan fingerprint density at radius 1 is 1.25 bits per heavy atom. The van der Waals surface area contributed by atoms with Crippen molar-refractivity contribution >= 4 is 0 Å². The summed E-state index contributed by atoms with van der Waals surface area (Å²) in [5, 5.41) is 9.07. The van der Waals surface area contributed by atoms with Crippen LogP contribution in [-0.4, -0.2) is 24.9 Å². The van der Waals surface area contributed by atoms with E-state index in [4.69, 9.17) is 14.6 Å². The summed E-state index contributed by atoms with van der Waals surface area (Å²) in [6, 6.07) is 7.76. The molecule has 0 amide bonds. The van der Waals surface area contributed by atoms with Crippen molar-refractivity contribution < 1.29 is 14.6 Å². The van der Waals surface area contributed by atoms with Crippen LogP contribution < -0.4 is 4.74 Å². The molecule has 0 saturated heterocycles. The van der Waals surface area contributed by atoms with E-state index in [9.17, 15) is 0 Å². The molecule has 0 spiro atoms. The minimum Gasteiger partial charge on any atom is -0.497 e. The van der Waals surface area contributed by atoms with E-state index >= 15 is 0 Å². The minimum absolute atomic E-state index is 0.0490. The standard InChI is InChI=1S/C13H20O3/c1-3-4-13(9-14)16-10-11-5-7-12(15-2)8-6-11/h5-8,13-14H,3-4,9-10H2,1-2H3/t13-/m1/s1. The van der Waals surface area contributed by atoms with E-state index in [0.29, 0.717) is 6.61 Å². The van der Waals surface area contributed by atoms with Crippen LogP contribution in [0.15, 0.2) is 24.3 Å². The minimum atomic E-state index is -0.0490. The summed E-state index contributed by atoms with van der Waals surface area (Å²) < 4.78 is 10.7. The number of methoxy groups -OCH3 is 1. The van der Waals surface area contributed by atoms with E-state index in [1.807, 2.05) is 24.3 Å². The van der Waals surface area contributed by atoms with E-state index in [1.165, 1.54) is 0 Å². The number of benzene rings is 1. The topological polar surface area (TPSA) is 38.7 Å². The summed E-state index contributed by atoms with van der Waals surface area (Å²) in [5.41, 5.74) is 1.09. The molecule has 1 aromatic rings. The predicted octanol–water partition coefficient (Wildman–Crippen LogP) is 2.37. The van der Waals surface area contributed by atoms with E-state index in [1.54, 1.807) is 7.11 Å². The third-order valence-corrected chi connectivity index (χ3v) is 2.46. The quantitative estimate of drug-likeness (QED) is 0.772. The molecule has 3 heteroatoms. The molecule has 90 valence electrons. The molecule has 0 radical (unpaired) electrons. The number of aliphatic hydroxyl groups excluding tert-OH is 1. The van der Waals surface area contributed by atoms with Gasteiger partial charge in [-0.2, -0.15) is 0 Å². The zero-order valence-electron chi connectivity index (χ0n) is 9.98. The van der Waals surface area contributed by atoms with Gasteiger partial charge in [-0.15, -0.1) is 0 Å². The molecule has 3 nitrogen and oxygen atoms in total. The van der Waals surface area contributed by atoms with E-state index < -0.39 is 0 Å². The zero-order chi connectivity index (χ0) is 11.8. The number of aliphatic hydroxyl groups is 1. The molecule has 0 aliphatic carbocycles. The summed E-state index contributed by atoms with van der Waals surface area (Å²) in [4.78, 5) is 0. The fraction of sp³-hybridized carbons (Fsp3) is 0.538. The van der Waals surface area contributed by atoms with E-state index in [-0.39, 0.29) is 12.7 Å². The number of rotatable bonds is 7. The average molecular weight is 224 g/mol. The SMILES string of the molecule is CCC[C@H](CO)OCc1ccc(OC)cc1. The van der Waals surface area contributed by atoms with Crippen LogP contribution in [0.2, 0.25) is 0 Å². The molecule has 1 atom stereocenters. The Kier molecular flexibility index (Phi) is 5.90. The highest BCUT2D eigenvalue weighted by atomic mass is 16.5. The van der Waals surface area contributed by atoms with Gasteiger partial charge in [0.2, 0.25) is 0 Å². The molecule has 0 saturated carbocycles. The van der Waals surface area contributed by atoms with E-state index in [0.717, 1.165) is 24.2 Å². The third kappa shape index (κ3) is 4.21. The van der Waals surface area contributed by atoms with Crippen molar-refractivity contribution in [2.45, 2.75) is 32.5 Å². The molecular weight excluding hydrogens is 204 g/mol. The molecule has 1 N–H and O–H groups in total. The second-order valence-electron chi connectivity index (χ2n) is 3.75. The highest BCUT2D eigenvalue weighted by molar-refractivity contribution is 5.26. The van der Waals surface area contributed by atoms with Crippen molar-refractivity contribution in [3.05, 3.63) is 29.8 Å². The fourth-order valence-corrected chi connectivity index (χ4v) is 1.49. The molecule has 1 aromatic carbocycles. The first-order valence-electron chi connectivity index (χ1n) is 5.65. The Morgan fingerprint density at radius 3 is 2.44 bits per heavy atom. The Balaban J connectivity index is 2.40. The zero-order valence-corrected chi connectivity index (χ0v) is 9.98. The molecule has 0 aliphatic rings. The summed E-state index contributed by atoms with van der Waals surface area (Å²) in [6.07, 6.45) is 1.87. The maximum atomic E-state index is 9.07. The van der Waals surface area contributed by atoms with Crippen LogP contribution in [0, 0.1) is 0 Å². The molecule has 16 heavy (non-hydrogen) atoms. The van der Waals surface area contributed by atoms with Crippen LogP contribution in [0.3, 0.4) is 0 Å². The Hall–Kier alpha value is -1.06. The van der Waals surface area contributed by atoms with Crippen LogP contribution in [0.25, 0.3) is 0 Å². The largest absolute Gasteiger partial charge is 0.497 e. The van der Waals surface area contributed by atoms with Gasteiger partial charge in [0.1, 0.15) is 5.75 Å². The summed E-state index contributed by atoms with van der Waals surface area (Å²) in [5.74, 6) is 0.844. The Morgan fingerprint density at radius 2 is 1.94 bits per heavy atom. The van der Waals surface area contributed by atoms with Crippen LogP contribution in [0.5, 0.6) is 5.75 Å². The lowest BCUT2D eigenvalue weighted by Crippen LogP contribution is -2.17. The van der Waals surface area contributed by atoms with Gasteiger partial charge in [0, 0.05) is 0 Å². The third-order valence-electron chi connectivity index (χ3n) is 2.46. The molecule has 1 rings (SSSR count). The summed E-state index contributed by atoms with van der Waals surface area (Å²) in [6.45, 7) is 2.71. The number of ether oxygens (including phenoxy) is 2. The monoisotopic (exact) mass is 224 g/mol. The molecule has 0 bridgehead atoms. The lowest BCUT2D eigenvalue weighted by atomic mass is 10.2. The molecule has 0 aromatic heterocycles. The van der Waals surface area contributed by atoms with Crippen LogP contribution >= 0.6 is 0 Å². The maximum absolute atomic E-state index is 9.07. The summed E-state index contributed by atoms with van der Waals surface area (Å²) >= 11 is 0. The van der Waals surface area contributed by atoms with Crippen LogP contribution in [-0.2, 0) is 11.3 Å². The maximum Gasteiger partial charge on any atom is 0.118 e. The van der Waals surface area contributed by atoms with Gasteiger partial charge in [0.25, 0.3) is 0 Å². The molecule has 0 fully saturated rings. The van der Waals surface area contributed by atoms with Crippen molar-refractivity contribution in [3.8, 4) is 5.75 Å². The van der Waals surface area contributed by atoms with Gasteiger partial charge in [-0.3, -0.25) is 0 Å². The number of hydrogen-bond acceptors (Lipinski definition) is 3. The predicted molar refractivity (Wildman–Crippen MR) is 63.6 cm³/mol. The first kappa shape index (κ1) is 13.0. The van der Waals surface area contributed by atoms with Crippen molar-refractivity contribution in [3.63, 3.8) is 0 Å². The Bertz CT molecular complexity index is 282. The van der Waals surface area contributed by atoms with Gasteiger partial charge in [-0.25, -0.2) is 0 Å². The second kappa shape index (κ2) is 7.25. The van der Waals surface area contributed by atoms with Crippen molar-refractivity contribution in [1.82, 2.24) is 0 Å². The van der Waals surface area contributed by atoms with Gasteiger partial charge in [0.05, 0.1) is 26.4 Å². The molecular formula is C13H20O3. The molecule has 0 aliphatic heterocycles. The lowest BCUT2D eigenvalue weighted by molar-refractivity contribution is -0.00245.